The lowest BCUT2D eigenvalue weighted by Gasteiger charge is -2.39. The van der Waals surface area contributed by atoms with E-state index in [1.165, 1.54) is 58.3 Å². The monoisotopic (exact) mass is 1770 g/mol. The molecular formula is C84H132N14O25S. The lowest BCUT2D eigenvalue weighted by Crippen LogP contribution is -2.60. The molecule has 694 valence electrons. The topological polar surface area (TPSA) is 518 Å². The van der Waals surface area contributed by atoms with Gasteiger partial charge in [-0.2, -0.15) is 8.42 Å². The molecule has 1 unspecified atom stereocenters. The molecule has 0 saturated carbocycles. The van der Waals surface area contributed by atoms with Gasteiger partial charge < -0.3 is 110 Å². The Hall–Kier alpha value is -9.14. The zero-order chi connectivity index (χ0) is 92.1. The fourth-order valence-electron chi connectivity index (χ4n) is 14.7. The van der Waals surface area contributed by atoms with E-state index >= 15 is 0 Å². The molecule has 2 aliphatic rings. The number of carbonyl (C=O) groups is 10. The largest absolute Gasteiger partial charge is 0.460 e. The van der Waals surface area contributed by atoms with Crippen LogP contribution in [-0.4, -0.2) is 313 Å². The number of nitrogens with one attached hydrogen (secondary N) is 8. The number of fused-ring (bicyclic) bond motifs is 1. The molecule has 0 radical (unpaired) electrons. The summed E-state index contributed by atoms with van der Waals surface area (Å²) < 4.78 is 76.3. The second-order valence-corrected chi connectivity index (χ2v) is 34.2. The Morgan fingerprint density at radius 1 is 0.710 bits per heavy atom. The number of pyridine rings is 1. The van der Waals surface area contributed by atoms with Crippen molar-refractivity contribution in [2.24, 2.45) is 29.6 Å². The second-order valence-electron chi connectivity index (χ2n) is 32.7. The number of aliphatic hydroxyl groups is 5. The molecule has 18 atom stereocenters. The van der Waals surface area contributed by atoms with Crippen LogP contribution in [0.15, 0.2) is 72.9 Å². The number of hydrazine groups is 1. The van der Waals surface area contributed by atoms with Crippen LogP contribution in [0.3, 0.4) is 0 Å². The molecule has 0 aliphatic carbocycles. The molecule has 14 N–H and O–H groups in total. The van der Waals surface area contributed by atoms with Crippen molar-refractivity contribution >= 4 is 86.1 Å². The summed E-state index contributed by atoms with van der Waals surface area (Å²) in [6.07, 6.45) is -10.7. The molecule has 0 spiro atoms. The van der Waals surface area contributed by atoms with Crippen molar-refractivity contribution in [3.05, 3.63) is 89.7 Å². The van der Waals surface area contributed by atoms with E-state index in [1.807, 2.05) is 41.7 Å². The molecule has 4 aromatic rings. The van der Waals surface area contributed by atoms with E-state index in [2.05, 4.69) is 47.6 Å². The Morgan fingerprint density at radius 2 is 1.38 bits per heavy atom. The fraction of sp³-hybridized carbons (Fsp3) is 0.655. The number of aliphatic hydroxyl groups excluding tert-OH is 5. The van der Waals surface area contributed by atoms with Gasteiger partial charge in [0.25, 0.3) is 10.1 Å². The van der Waals surface area contributed by atoms with Gasteiger partial charge in [-0.1, -0.05) is 98.7 Å². The highest BCUT2D eigenvalue weighted by atomic mass is 32.2. The molecule has 2 aliphatic heterocycles. The van der Waals surface area contributed by atoms with Crippen molar-refractivity contribution < 1.29 is 120 Å². The number of rotatable bonds is 50. The number of nitrogens with zero attached hydrogens (tertiary/aromatic N) is 6. The van der Waals surface area contributed by atoms with Crippen molar-refractivity contribution in [2.75, 3.05) is 106 Å². The van der Waals surface area contributed by atoms with Crippen molar-refractivity contribution in [3.63, 3.8) is 0 Å². The maximum Gasteiger partial charge on any atom is 0.410 e. The number of hydrogen-bond donors (Lipinski definition) is 14. The predicted molar refractivity (Wildman–Crippen MR) is 455 cm³/mol. The third kappa shape index (κ3) is 30.0. The summed E-state index contributed by atoms with van der Waals surface area (Å²) in [6, 6.07) is 11.2. The van der Waals surface area contributed by atoms with Gasteiger partial charge in [0.2, 0.25) is 59.5 Å². The summed E-state index contributed by atoms with van der Waals surface area (Å²) >= 11 is 0. The van der Waals surface area contributed by atoms with Crippen LogP contribution >= 0.6 is 0 Å². The number of hydrogen-bond acceptors (Lipinski definition) is 27. The van der Waals surface area contributed by atoms with Crippen molar-refractivity contribution in [2.45, 2.75) is 225 Å². The number of likely N-dealkylation sites (tertiary alicyclic amines) is 1. The number of ether oxygens (including phenoxy) is 7. The van der Waals surface area contributed by atoms with Gasteiger partial charge in [0.05, 0.1) is 88.0 Å². The standard InChI is InChI=1S/C84H132N14O25S/c1-18-50(8)74(123-84(113)96(15)69(49(6)7)81(111)93-68(48(4)5)82(112)94(13)44-58(117-16)42-66(102)98-34-23-27-61(98)75(118-17)51(9)77(107)88-52(10)70(103)54-24-20-19-21-25-54)55-28-29-59(62(41-55)121-83-73(106)72(105)71(104)63(45-99)122-83)91-78(108)53(11)89-80(110)67(47(2)3)92-65(101)31-36-119-38-39-120-37-33-87-79(109)60(46-124(114,115)116)90-64(100)30-35-97-57(43-95(14)85-12)40-56-26-22-32-86-76(56)97/h19-22,24-26,28-29,32,40-41,47-53,58,60-61,63,67-75,83,85,99,103-106H,18,23,27,30-31,33-39,42-46H2,1-17H3,(H,87,109)(H,88,107)(H,89,110)(H,90,100)(H,91,108)(H,92,101)(H,93,111)(H,114,115,116)/t50-,51+,52+,53-,58+,60-,61-,63-,67-,68-,69-,70+,71-,72-,73+,74?,75+,83-/m0/s1. The average Bonchev–Trinajstić information content (AvgIpc) is 1.72. The van der Waals surface area contributed by atoms with Gasteiger partial charge in [0.15, 0.2) is 0 Å². The predicted octanol–water partition coefficient (Wildman–Crippen LogP) is 1.43. The number of carbonyl (C=O) groups excluding carboxylic acids is 10. The van der Waals surface area contributed by atoms with Gasteiger partial charge in [-0.3, -0.25) is 58.0 Å². The van der Waals surface area contributed by atoms with Crippen molar-refractivity contribution in [1.82, 2.24) is 66.6 Å². The molecule has 124 heavy (non-hydrogen) atoms. The number of anilines is 1. The van der Waals surface area contributed by atoms with E-state index in [9.17, 15) is 86.4 Å². The molecule has 2 saturated heterocycles. The van der Waals surface area contributed by atoms with Crippen LogP contribution < -0.4 is 47.4 Å². The Morgan fingerprint density at radius 3 is 2.00 bits per heavy atom. The highest BCUT2D eigenvalue weighted by Crippen LogP contribution is 2.38. The minimum Gasteiger partial charge on any atom is -0.460 e. The molecule has 0 bridgehead atoms. The zero-order valence-electron chi connectivity index (χ0n) is 74.1. The third-order valence-corrected chi connectivity index (χ3v) is 22.9. The molecule has 6 rings (SSSR count). The minimum atomic E-state index is -4.72. The van der Waals surface area contributed by atoms with Crippen LogP contribution in [0, 0.1) is 29.6 Å². The van der Waals surface area contributed by atoms with Gasteiger partial charge in [-0.25, -0.2) is 14.8 Å². The van der Waals surface area contributed by atoms with Gasteiger partial charge in [0, 0.05) is 91.7 Å². The summed E-state index contributed by atoms with van der Waals surface area (Å²) in [7, 11) is 4.66. The second kappa shape index (κ2) is 49.7. The Balaban J connectivity index is 1.04. The van der Waals surface area contributed by atoms with Gasteiger partial charge in [-0.15, -0.1) is 0 Å². The lowest BCUT2D eigenvalue weighted by atomic mass is 9.94. The van der Waals surface area contributed by atoms with E-state index in [-0.39, 0.29) is 94.1 Å². The number of aromatic nitrogens is 2. The number of methoxy groups -OCH3 is 2. The summed E-state index contributed by atoms with van der Waals surface area (Å²) in [6.45, 7) is 18.4. The van der Waals surface area contributed by atoms with Crippen molar-refractivity contribution in [3.8, 4) is 5.75 Å². The average molecular weight is 1770 g/mol. The maximum atomic E-state index is 14.7. The van der Waals surface area contributed by atoms with E-state index in [0.717, 1.165) is 16.0 Å². The number of aryl methyl sites for hydroxylation is 1. The van der Waals surface area contributed by atoms with Crippen LogP contribution in [0.2, 0.25) is 0 Å². The molecule has 2 aromatic carbocycles. The van der Waals surface area contributed by atoms with Crippen LogP contribution in [0.25, 0.3) is 11.0 Å². The molecule has 40 heteroatoms. The Kier molecular flexibility index (Phi) is 41.5. The first-order valence-electron chi connectivity index (χ1n) is 42.0. The van der Waals surface area contributed by atoms with Crippen molar-refractivity contribution in [1.29, 1.82) is 0 Å². The maximum absolute atomic E-state index is 14.7. The van der Waals surface area contributed by atoms with Crippen LogP contribution in [0.4, 0.5) is 10.5 Å². The first kappa shape index (κ1) is 104. The number of amides is 10. The first-order chi connectivity index (χ1) is 58.6. The van der Waals surface area contributed by atoms with Crippen LogP contribution in [0.1, 0.15) is 144 Å². The lowest BCUT2D eigenvalue weighted by molar-refractivity contribution is -0.277. The van der Waals surface area contributed by atoms with Gasteiger partial charge in [-0.05, 0) is 105 Å². The zero-order valence-corrected chi connectivity index (χ0v) is 74.9. The molecule has 4 heterocycles. The quantitative estimate of drug-likeness (QED) is 0.0169. The first-order valence-corrected chi connectivity index (χ1v) is 43.6. The van der Waals surface area contributed by atoms with Crippen LogP contribution in [-0.2, 0) is 94.8 Å². The summed E-state index contributed by atoms with van der Waals surface area (Å²) in [5.41, 5.74) is 5.26. The SMILES string of the molecule is CC[C@H](C)C(OC(=O)N(C)[C@H](C(=O)N[C@H](C(=O)N(C)C[C@@H](CC(=O)N1CCC[C@H]1[C@H](OC)[C@@H](C)C(=O)N[C@H](C)[C@@H](O)c1ccccc1)OC)C(C)C)C(C)C)c1ccc(NC(=O)[C@H](C)NC(=O)[C@@H](NC(=O)CCOCCOCCNC(=O)[C@H](CS(=O)(=O)O)NC(=O)CCn2c(CN(C)NC)cc3cccnc32)C(C)C)c(O[C@H]2O[C@@H](CO)[C@H](O)[C@H](O)[C@H]2O)c1. The molecule has 2 fully saturated rings. The molecular weight excluding hydrogens is 1640 g/mol. The number of benzene rings is 2. The van der Waals surface area contributed by atoms with E-state index in [0.29, 0.717) is 43.6 Å². The summed E-state index contributed by atoms with van der Waals surface area (Å²) in [5, 5.41) is 75.0. The smallest absolute Gasteiger partial charge is 0.410 e. The Labute approximate surface area is 725 Å². The number of likely N-dealkylation sites (N-methyl/N-ethyl adjacent to an activating group) is 2. The normalized spacial score (nSPS) is 19.7. The van der Waals surface area contributed by atoms with E-state index < -0.39 is 197 Å². The fourth-order valence-corrected chi connectivity index (χ4v) is 15.4. The van der Waals surface area contributed by atoms with E-state index in [1.54, 1.807) is 111 Å². The minimum absolute atomic E-state index is 0.00878. The summed E-state index contributed by atoms with van der Waals surface area (Å²) in [5.74, 6) is -9.71. The van der Waals surface area contributed by atoms with E-state index in [4.69, 9.17) is 33.2 Å². The van der Waals surface area contributed by atoms with Gasteiger partial charge in [0.1, 0.15) is 77.9 Å². The third-order valence-electron chi connectivity index (χ3n) is 22.2. The highest BCUT2D eigenvalue weighted by Gasteiger charge is 2.47. The van der Waals surface area contributed by atoms with Crippen LogP contribution in [0.5, 0.6) is 5.75 Å². The molecule has 10 amide bonds. The van der Waals surface area contributed by atoms with Gasteiger partial charge >= 0.3 is 6.09 Å². The Bertz CT molecular complexity index is 4260. The molecule has 39 nitrogen and oxygen atoms in total. The molecule has 2 aromatic heterocycles. The summed E-state index contributed by atoms with van der Waals surface area (Å²) in [4.78, 5) is 148. The highest BCUT2D eigenvalue weighted by molar-refractivity contribution is 7.85.